The van der Waals surface area contributed by atoms with Crippen molar-refractivity contribution in [2.45, 2.75) is 18.9 Å². The van der Waals surface area contributed by atoms with Gasteiger partial charge in [-0.15, -0.1) is 0 Å². The molecule has 6 heteroatoms. The topological polar surface area (TPSA) is 64.4 Å². The highest BCUT2D eigenvalue weighted by Gasteiger charge is 2.20. The van der Waals surface area contributed by atoms with Crippen LogP contribution in [0.1, 0.15) is 12.8 Å². The average molecular weight is 283 g/mol. The predicted octanol–water partition coefficient (Wildman–Crippen LogP) is 2.94. The van der Waals surface area contributed by atoms with Gasteiger partial charge < -0.3 is 10.1 Å². The van der Waals surface area contributed by atoms with Crippen molar-refractivity contribution in [1.82, 2.24) is 5.32 Å². The van der Waals surface area contributed by atoms with Crippen LogP contribution in [-0.2, 0) is 0 Å². The normalized spacial score (nSPS) is 14.2. The van der Waals surface area contributed by atoms with Crippen molar-refractivity contribution in [3.05, 3.63) is 45.5 Å². The zero-order valence-corrected chi connectivity index (χ0v) is 11.2. The number of nitro benzene ring substituents is 1. The van der Waals surface area contributed by atoms with Gasteiger partial charge in [-0.25, -0.2) is 0 Å². The van der Waals surface area contributed by atoms with Crippen LogP contribution < -0.4 is 10.1 Å². The highest BCUT2D eigenvalue weighted by atomic mass is 35.5. The average Bonchev–Trinajstić information content (AvgIpc) is 3.17. The zero-order chi connectivity index (χ0) is 13.8. The van der Waals surface area contributed by atoms with E-state index >= 15 is 0 Å². The largest absolute Gasteiger partial charge is 0.489 e. The Morgan fingerprint density at radius 2 is 2.32 bits per heavy atom. The van der Waals surface area contributed by atoms with E-state index < -0.39 is 4.92 Å². The first-order valence-electron chi connectivity index (χ1n) is 6.03. The number of ether oxygens (including phenoxy) is 1. The molecule has 0 bridgehead atoms. The van der Waals surface area contributed by atoms with Crippen LogP contribution in [-0.4, -0.2) is 24.1 Å². The lowest BCUT2D eigenvalue weighted by Crippen LogP contribution is -2.21. The van der Waals surface area contributed by atoms with Crippen molar-refractivity contribution in [2.75, 3.05) is 13.2 Å². The summed E-state index contributed by atoms with van der Waals surface area (Å²) in [7, 11) is 0. The molecule has 1 N–H and O–H groups in total. The van der Waals surface area contributed by atoms with E-state index in [1.165, 1.54) is 31.0 Å². The van der Waals surface area contributed by atoms with Gasteiger partial charge in [0.2, 0.25) is 0 Å². The fraction of sp³-hybridized carbons (Fsp3) is 0.385. The number of hydrogen-bond acceptors (Lipinski definition) is 4. The van der Waals surface area contributed by atoms with Crippen LogP contribution in [0.15, 0.2) is 30.4 Å². The van der Waals surface area contributed by atoms with Crippen LogP contribution in [0.3, 0.4) is 0 Å². The number of nitrogens with zero attached hydrogens (tertiary/aromatic N) is 1. The number of halogens is 1. The molecule has 0 heterocycles. The fourth-order valence-corrected chi connectivity index (χ4v) is 1.78. The van der Waals surface area contributed by atoms with Gasteiger partial charge in [-0.2, -0.15) is 0 Å². The van der Waals surface area contributed by atoms with Crippen molar-refractivity contribution < 1.29 is 9.66 Å². The fourth-order valence-electron chi connectivity index (χ4n) is 1.54. The monoisotopic (exact) mass is 282 g/mol. The third kappa shape index (κ3) is 4.22. The Morgan fingerprint density at radius 1 is 1.58 bits per heavy atom. The molecular formula is C13H15ClN2O3. The molecule has 1 aromatic carbocycles. The molecule has 0 saturated heterocycles. The standard InChI is InChI=1S/C13H15ClN2O3/c1-9(7-15-10-2-3-10)8-19-11-4-5-13(16(17)18)12(14)6-11/h4-6,10,15H,1-3,7-8H2. The van der Waals surface area contributed by atoms with Gasteiger partial charge in [0.05, 0.1) is 4.92 Å². The minimum Gasteiger partial charge on any atom is -0.489 e. The second-order valence-corrected chi connectivity index (χ2v) is 4.97. The first-order chi connectivity index (χ1) is 9.06. The van der Waals surface area contributed by atoms with Crippen molar-refractivity contribution in [2.24, 2.45) is 0 Å². The molecule has 102 valence electrons. The number of nitrogens with one attached hydrogen (secondary N) is 1. The maximum Gasteiger partial charge on any atom is 0.288 e. The molecule has 1 aliphatic carbocycles. The van der Waals surface area contributed by atoms with E-state index in [1.807, 2.05) is 0 Å². The third-order valence-corrected chi connectivity index (χ3v) is 3.08. The van der Waals surface area contributed by atoms with Crippen molar-refractivity contribution in [1.29, 1.82) is 0 Å². The quantitative estimate of drug-likeness (QED) is 0.474. The van der Waals surface area contributed by atoms with Gasteiger partial charge in [-0.05, 0) is 24.5 Å². The Kier molecular flexibility index (Phi) is 4.39. The van der Waals surface area contributed by atoms with Crippen molar-refractivity contribution in [3.63, 3.8) is 0 Å². The van der Waals surface area contributed by atoms with E-state index in [1.54, 1.807) is 0 Å². The Labute approximate surface area is 116 Å². The Bertz CT molecular complexity index is 501. The van der Waals surface area contributed by atoms with Crippen LogP contribution >= 0.6 is 11.6 Å². The summed E-state index contributed by atoms with van der Waals surface area (Å²) in [6.45, 7) is 5.01. The Hall–Kier alpha value is -1.59. The molecule has 0 unspecified atom stereocenters. The van der Waals surface area contributed by atoms with Gasteiger partial charge in [0, 0.05) is 24.7 Å². The van der Waals surface area contributed by atoms with Crippen LogP contribution in [0.4, 0.5) is 5.69 Å². The minimum atomic E-state index is -0.523. The lowest BCUT2D eigenvalue weighted by Gasteiger charge is -2.09. The summed E-state index contributed by atoms with van der Waals surface area (Å²) in [5.74, 6) is 0.503. The van der Waals surface area contributed by atoms with E-state index in [-0.39, 0.29) is 10.7 Å². The van der Waals surface area contributed by atoms with E-state index in [4.69, 9.17) is 16.3 Å². The lowest BCUT2D eigenvalue weighted by atomic mass is 10.3. The minimum absolute atomic E-state index is 0.0733. The summed E-state index contributed by atoms with van der Waals surface area (Å²) < 4.78 is 5.49. The van der Waals surface area contributed by atoms with Crippen molar-refractivity contribution in [3.8, 4) is 5.75 Å². The molecule has 0 aliphatic heterocycles. The maximum atomic E-state index is 10.6. The molecule has 1 fully saturated rings. The van der Waals surface area contributed by atoms with Crippen LogP contribution in [0.5, 0.6) is 5.75 Å². The molecule has 19 heavy (non-hydrogen) atoms. The Balaban J connectivity index is 1.83. The van der Waals surface area contributed by atoms with Gasteiger partial charge >= 0.3 is 0 Å². The van der Waals surface area contributed by atoms with Gasteiger partial charge in [-0.1, -0.05) is 18.2 Å². The summed E-state index contributed by atoms with van der Waals surface area (Å²) >= 11 is 5.79. The van der Waals surface area contributed by atoms with Crippen molar-refractivity contribution >= 4 is 17.3 Å². The molecule has 0 amide bonds. The molecule has 5 nitrogen and oxygen atoms in total. The summed E-state index contributed by atoms with van der Waals surface area (Å²) in [6, 6.07) is 4.95. The predicted molar refractivity (Wildman–Crippen MR) is 73.8 cm³/mol. The second kappa shape index (κ2) is 6.04. The number of nitro groups is 1. The van der Waals surface area contributed by atoms with Gasteiger partial charge in [-0.3, -0.25) is 10.1 Å². The first-order valence-corrected chi connectivity index (χ1v) is 6.41. The molecule has 1 aliphatic rings. The van der Waals surface area contributed by atoms with Gasteiger partial charge in [0.15, 0.2) is 0 Å². The zero-order valence-electron chi connectivity index (χ0n) is 10.4. The summed E-state index contributed by atoms with van der Waals surface area (Å²) in [6.07, 6.45) is 2.46. The number of hydrogen-bond donors (Lipinski definition) is 1. The number of rotatable bonds is 7. The summed E-state index contributed by atoms with van der Waals surface area (Å²) in [4.78, 5) is 10.1. The van der Waals surface area contributed by atoms with E-state index in [2.05, 4.69) is 11.9 Å². The summed E-state index contributed by atoms with van der Waals surface area (Å²) in [5, 5.41) is 14.0. The van der Waals surface area contributed by atoms with Crippen LogP contribution in [0.2, 0.25) is 5.02 Å². The lowest BCUT2D eigenvalue weighted by molar-refractivity contribution is -0.384. The summed E-state index contributed by atoms with van der Waals surface area (Å²) in [5.41, 5.74) is 0.810. The van der Waals surface area contributed by atoms with E-state index in [9.17, 15) is 10.1 Å². The molecule has 1 aromatic rings. The molecule has 1 saturated carbocycles. The smallest absolute Gasteiger partial charge is 0.288 e. The second-order valence-electron chi connectivity index (χ2n) is 4.56. The Morgan fingerprint density at radius 3 is 2.89 bits per heavy atom. The molecule has 0 spiro atoms. The SMILES string of the molecule is C=C(CNC1CC1)COc1ccc([N+](=O)[O-])c(Cl)c1. The molecular weight excluding hydrogens is 268 g/mol. The first kappa shape index (κ1) is 13.8. The molecule has 2 rings (SSSR count). The molecule has 0 aromatic heterocycles. The highest BCUT2D eigenvalue weighted by molar-refractivity contribution is 6.32. The van der Waals surface area contributed by atoms with Gasteiger partial charge in [0.1, 0.15) is 17.4 Å². The molecule has 0 radical (unpaired) electrons. The molecule has 0 atom stereocenters. The van der Waals surface area contributed by atoms with Crippen LogP contribution in [0.25, 0.3) is 0 Å². The van der Waals surface area contributed by atoms with Crippen LogP contribution in [0, 0.1) is 10.1 Å². The number of benzene rings is 1. The highest BCUT2D eigenvalue weighted by Crippen LogP contribution is 2.28. The maximum absolute atomic E-state index is 10.6. The van der Waals surface area contributed by atoms with Gasteiger partial charge in [0.25, 0.3) is 5.69 Å². The van der Waals surface area contributed by atoms with E-state index in [0.29, 0.717) is 18.4 Å². The third-order valence-electron chi connectivity index (χ3n) is 2.78. The van der Waals surface area contributed by atoms with E-state index in [0.717, 1.165) is 12.1 Å².